The van der Waals surface area contributed by atoms with E-state index in [4.69, 9.17) is 5.26 Å². The fourth-order valence-electron chi connectivity index (χ4n) is 1.08. The maximum atomic E-state index is 8.57. The van der Waals surface area contributed by atoms with Crippen LogP contribution in [-0.4, -0.2) is 9.97 Å². The molecule has 0 saturated carbocycles. The van der Waals surface area contributed by atoms with Crippen LogP contribution in [-0.2, 0) is 6.54 Å². The third kappa shape index (κ3) is 2.51. The third-order valence-corrected chi connectivity index (χ3v) is 2.58. The second-order valence-electron chi connectivity index (χ2n) is 2.82. The lowest BCUT2D eigenvalue weighted by Crippen LogP contribution is -1.99. The Balaban J connectivity index is 1.97. The first kappa shape index (κ1) is 9.62. The largest absolute Gasteiger partial charge is 0.377 e. The molecule has 0 fully saturated rings. The van der Waals surface area contributed by atoms with Crippen LogP contribution in [0.2, 0.25) is 0 Å². The highest BCUT2D eigenvalue weighted by molar-refractivity contribution is 7.09. The van der Waals surface area contributed by atoms with Crippen molar-refractivity contribution in [3.8, 4) is 6.07 Å². The maximum absolute atomic E-state index is 8.57. The van der Waals surface area contributed by atoms with Crippen molar-refractivity contribution in [1.82, 2.24) is 9.97 Å². The number of hydrogen-bond acceptors (Lipinski definition) is 5. The Labute approximate surface area is 91.2 Å². The molecule has 0 radical (unpaired) electrons. The molecule has 15 heavy (non-hydrogen) atoms. The SMILES string of the molecule is N#Cc1ccc(NCc2nccs2)cn1. The summed E-state index contributed by atoms with van der Waals surface area (Å²) in [5, 5.41) is 14.7. The molecule has 2 rings (SSSR count). The fraction of sp³-hybridized carbons (Fsp3) is 0.100. The van der Waals surface area contributed by atoms with Crippen LogP contribution in [0.4, 0.5) is 5.69 Å². The quantitative estimate of drug-likeness (QED) is 0.852. The molecule has 2 heterocycles. The van der Waals surface area contributed by atoms with E-state index >= 15 is 0 Å². The van der Waals surface area contributed by atoms with Gasteiger partial charge < -0.3 is 5.32 Å². The summed E-state index contributed by atoms with van der Waals surface area (Å²) in [6.45, 7) is 0.686. The van der Waals surface area contributed by atoms with E-state index in [1.54, 1.807) is 29.8 Å². The molecule has 0 aromatic carbocycles. The van der Waals surface area contributed by atoms with E-state index in [1.807, 2.05) is 17.5 Å². The molecule has 5 heteroatoms. The average Bonchev–Trinajstić information content (AvgIpc) is 2.80. The summed E-state index contributed by atoms with van der Waals surface area (Å²) in [5.74, 6) is 0. The molecule has 0 unspecified atom stereocenters. The van der Waals surface area contributed by atoms with Gasteiger partial charge in [0.05, 0.1) is 18.4 Å². The predicted molar refractivity (Wildman–Crippen MR) is 58.4 cm³/mol. The fourth-order valence-corrected chi connectivity index (χ4v) is 1.64. The number of pyridine rings is 1. The van der Waals surface area contributed by atoms with Gasteiger partial charge in [-0.2, -0.15) is 5.26 Å². The summed E-state index contributed by atoms with van der Waals surface area (Å²) in [6, 6.07) is 5.49. The zero-order chi connectivity index (χ0) is 10.5. The van der Waals surface area contributed by atoms with Gasteiger partial charge in [0.25, 0.3) is 0 Å². The highest BCUT2D eigenvalue weighted by atomic mass is 32.1. The van der Waals surface area contributed by atoms with Gasteiger partial charge in [-0.15, -0.1) is 11.3 Å². The van der Waals surface area contributed by atoms with Crippen molar-refractivity contribution >= 4 is 17.0 Å². The molecule has 4 nitrogen and oxygen atoms in total. The lowest BCUT2D eigenvalue weighted by molar-refractivity contribution is 1.09. The summed E-state index contributed by atoms with van der Waals surface area (Å²) in [7, 11) is 0. The Morgan fingerprint density at radius 2 is 2.33 bits per heavy atom. The summed E-state index contributed by atoms with van der Waals surface area (Å²) in [6.07, 6.45) is 3.42. The Bertz CT molecular complexity index is 455. The Hall–Kier alpha value is -1.93. The van der Waals surface area contributed by atoms with Crippen LogP contribution >= 0.6 is 11.3 Å². The van der Waals surface area contributed by atoms with Crippen molar-refractivity contribution in [2.75, 3.05) is 5.32 Å². The first-order chi connectivity index (χ1) is 7.38. The molecule has 0 aliphatic rings. The van der Waals surface area contributed by atoms with Crippen molar-refractivity contribution in [2.45, 2.75) is 6.54 Å². The highest BCUT2D eigenvalue weighted by Gasteiger charge is 1.96. The molecule has 0 aliphatic carbocycles. The summed E-state index contributed by atoms with van der Waals surface area (Å²) in [4.78, 5) is 8.10. The summed E-state index contributed by atoms with van der Waals surface area (Å²) in [5.41, 5.74) is 1.32. The molecular formula is C10H8N4S. The van der Waals surface area contributed by atoms with Crippen LogP contribution in [0.1, 0.15) is 10.7 Å². The summed E-state index contributed by atoms with van der Waals surface area (Å²) >= 11 is 1.60. The molecule has 2 aromatic rings. The minimum Gasteiger partial charge on any atom is -0.377 e. The van der Waals surface area contributed by atoms with Gasteiger partial charge in [0.15, 0.2) is 0 Å². The van der Waals surface area contributed by atoms with Gasteiger partial charge in [-0.1, -0.05) is 0 Å². The first-order valence-corrected chi connectivity index (χ1v) is 5.25. The Morgan fingerprint density at radius 3 is 2.93 bits per heavy atom. The molecular weight excluding hydrogens is 208 g/mol. The Morgan fingerprint density at radius 1 is 1.40 bits per heavy atom. The maximum Gasteiger partial charge on any atom is 0.140 e. The number of rotatable bonds is 3. The zero-order valence-corrected chi connectivity index (χ0v) is 8.66. The molecule has 0 saturated heterocycles. The number of hydrogen-bond donors (Lipinski definition) is 1. The number of nitriles is 1. The number of nitrogens with zero attached hydrogens (tertiary/aromatic N) is 3. The van der Waals surface area contributed by atoms with Gasteiger partial charge in [0, 0.05) is 11.6 Å². The standard InChI is InChI=1S/C10H8N4S/c11-5-8-1-2-9(6-13-8)14-7-10-12-3-4-15-10/h1-4,6,14H,7H2. The topological polar surface area (TPSA) is 61.6 Å². The smallest absolute Gasteiger partial charge is 0.140 e. The third-order valence-electron chi connectivity index (χ3n) is 1.81. The lowest BCUT2D eigenvalue weighted by Gasteiger charge is -2.02. The first-order valence-electron chi connectivity index (χ1n) is 4.37. The minimum atomic E-state index is 0.426. The molecule has 2 aromatic heterocycles. The second-order valence-corrected chi connectivity index (χ2v) is 3.80. The van der Waals surface area contributed by atoms with E-state index in [9.17, 15) is 0 Å². The van der Waals surface area contributed by atoms with Crippen LogP contribution in [0.5, 0.6) is 0 Å². The van der Waals surface area contributed by atoms with Crippen molar-refractivity contribution in [1.29, 1.82) is 5.26 Å². The number of anilines is 1. The normalized spacial score (nSPS) is 9.53. The zero-order valence-electron chi connectivity index (χ0n) is 7.84. The van der Waals surface area contributed by atoms with Crippen molar-refractivity contribution in [3.63, 3.8) is 0 Å². The van der Waals surface area contributed by atoms with E-state index in [2.05, 4.69) is 15.3 Å². The van der Waals surface area contributed by atoms with Crippen LogP contribution in [0.25, 0.3) is 0 Å². The van der Waals surface area contributed by atoms with Crippen LogP contribution in [0, 0.1) is 11.3 Å². The van der Waals surface area contributed by atoms with Gasteiger partial charge in [-0.3, -0.25) is 0 Å². The van der Waals surface area contributed by atoms with Gasteiger partial charge >= 0.3 is 0 Å². The number of nitrogens with one attached hydrogen (secondary N) is 1. The van der Waals surface area contributed by atoms with Gasteiger partial charge in [0.1, 0.15) is 16.8 Å². The summed E-state index contributed by atoms with van der Waals surface area (Å²) < 4.78 is 0. The van der Waals surface area contributed by atoms with Crippen molar-refractivity contribution in [2.24, 2.45) is 0 Å². The van der Waals surface area contributed by atoms with Crippen molar-refractivity contribution in [3.05, 3.63) is 40.6 Å². The van der Waals surface area contributed by atoms with Gasteiger partial charge in [0.2, 0.25) is 0 Å². The monoisotopic (exact) mass is 216 g/mol. The molecule has 0 atom stereocenters. The number of thiazole rings is 1. The van der Waals surface area contributed by atoms with Gasteiger partial charge in [-0.25, -0.2) is 9.97 Å². The van der Waals surface area contributed by atoms with E-state index in [1.165, 1.54) is 0 Å². The molecule has 0 bridgehead atoms. The molecule has 1 N–H and O–H groups in total. The highest BCUT2D eigenvalue weighted by Crippen LogP contribution is 2.09. The molecule has 0 spiro atoms. The van der Waals surface area contributed by atoms with Crippen LogP contribution < -0.4 is 5.32 Å². The minimum absolute atomic E-state index is 0.426. The second kappa shape index (κ2) is 4.53. The molecule has 0 amide bonds. The van der Waals surface area contributed by atoms with E-state index < -0.39 is 0 Å². The van der Waals surface area contributed by atoms with E-state index in [-0.39, 0.29) is 0 Å². The molecule has 0 aliphatic heterocycles. The lowest BCUT2D eigenvalue weighted by atomic mass is 10.3. The van der Waals surface area contributed by atoms with Crippen molar-refractivity contribution < 1.29 is 0 Å². The predicted octanol–water partition coefficient (Wildman–Crippen LogP) is 2.02. The van der Waals surface area contributed by atoms with E-state index in [0.29, 0.717) is 12.2 Å². The average molecular weight is 216 g/mol. The van der Waals surface area contributed by atoms with Gasteiger partial charge in [-0.05, 0) is 12.1 Å². The Kier molecular flexibility index (Phi) is 2.90. The molecule has 74 valence electrons. The van der Waals surface area contributed by atoms with E-state index in [0.717, 1.165) is 10.7 Å². The van der Waals surface area contributed by atoms with Crippen LogP contribution in [0.3, 0.4) is 0 Å². The number of aromatic nitrogens is 2. The van der Waals surface area contributed by atoms with Crippen LogP contribution in [0.15, 0.2) is 29.9 Å².